The Morgan fingerprint density at radius 1 is 0.545 bits per heavy atom. The lowest BCUT2D eigenvalue weighted by Gasteiger charge is -2.12. The van der Waals surface area contributed by atoms with Crippen LogP contribution in [0.1, 0.15) is 52.6 Å². The number of ether oxygens (including phenoxy) is 2. The smallest absolute Gasteiger partial charge is 0.261 e. The van der Waals surface area contributed by atoms with Gasteiger partial charge in [-0.25, -0.2) is 0 Å². The van der Waals surface area contributed by atoms with E-state index in [0.29, 0.717) is 33.8 Å². The highest BCUT2D eigenvalue weighted by Crippen LogP contribution is 2.35. The van der Waals surface area contributed by atoms with Crippen LogP contribution < -0.4 is 9.47 Å². The Morgan fingerprint density at radius 2 is 1.09 bits per heavy atom. The maximum Gasteiger partial charge on any atom is 0.261 e. The third-order valence-electron chi connectivity index (χ3n) is 7.71. The summed E-state index contributed by atoms with van der Waals surface area (Å²) in [6.07, 6.45) is 7.17. The van der Waals surface area contributed by atoms with E-state index in [2.05, 4.69) is 0 Å². The molecule has 8 heteroatoms. The highest BCUT2D eigenvalue weighted by Gasteiger charge is 2.35. The van der Waals surface area contributed by atoms with Crippen molar-refractivity contribution in [1.82, 2.24) is 9.80 Å². The second-order valence-electron chi connectivity index (χ2n) is 10.3. The Labute approximate surface area is 254 Å². The van der Waals surface area contributed by atoms with Crippen LogP contribution in [-0.4, -0.2) is 60.7 Å². The summed E-state index contributed by atoms with van der Waals surface area (Å²) in [7, 11) is 3.15. The summed E-state index contributed by atoms with van der Waals surface area (Å²) in [5.74, 6) is -0.0391. The molecule has 0 fully saturated rings. The van der Waals surface area contributed by atoms with Crippen LogP contribution in [0, 0.1) is 0 Å². The van der Waals surface area contributed by atoms with Crippen LogP contribution in [0.4, 0.5) is 0 Å². The third kappa shape index (κ3) is 5.07. The van der Waals surface area contributed by atoms with Crippen LogP contribution in [-0.2, 0) is 0 Å². The molecule has 0 aromatic heterocycles. The summed E-state index contributed by atoms with van der Waals surface area (Å²) < 4.78 is 11.0. The van der Waals surface area contributed by atoms with Gasteiger partial charge in [0.2, 0.25) is 0 Å². The minimum atomic E-state index is -0.358. The first-order valence-electron chi connectivity index (χ1n) is 14.0. The number of para-hydroxylation sites is 1. The van der Waals surface area contributed by atoms with Gasteiger partial charge in [0.25, 0.3) is 23.6 Å². The van der Waals surface area contributed by atoms with Crippen LogP contribution in [0.25, 0.3) is 23.3 Å². The number of rotatable bonds is 9. The Bertz CT molecular complexity index is 1850. The van der Waals surface area contributed by atoms with Gasteiger partial charge in [0.15, 0.2) is 0 Å². The predicted molar refractivity (Wildman–Crippen MR) is 167 cm³/mol. The number of carbonyl (C=O) groups excluding carboxylic acids is 4. The number of fused-ring (bicyclic) bond motifs is 2. The molecule has 0 atom stereocenters. The third-order valence-corrected chi connectivity index (χ3v) is 7.71. The first-order valence-corrected chi connectivity index (χ1v) is 14.0. The molecular weight excluding hydrogens is 556 g/mol. The number of benzene rings is 4. The minimum absolute atomic E-state index is 0.130. The fourth-order valence-corrected chi connectivity index (χ4v) is 5.46. The molecule has 0 aliphatic carbocycles. The molecule has 0 unspecified atom stereocenters. The van der Waals surface area contributed by atoms with Crippen molar-refractivity contribution >= 4 is 35.8 Å². The van der Waals surface area contributed by atoms with E-state index < -0.39 is 0 Å². The molecule has 0 bridgehead atoms. The number of hydrogen-bond donors (Lipinski definition) is 0. The van der Waals surface area contributed by atoms with Crippen LogP contribution in [0.3, 0.4) is 0 Å². The standard InChI is InChI=1S/C36H28N2O6/c1-43-31-14-6-3-10-24(31)11-8-20-38-35(41)29-18-16-25(22-30(29)36(38)42)26-17-15-23(21-32(26)44-2)9-7-19-37-33(39)27-12-4-5-13-28(27)34(37)40/h3-18,21-22H,19-20H2,1-2H3. The van der Waals surface area contributed by atoms with Crippen molar-refractivity contribution in [2.24, 2.45) is 0 Å². The molecule has 2 aliphatic heterocycles. The molecule has 0 N–H and O–H groups in total. The Balaban J connectivity index is 1.17. The maximum absolute atomic E-state index is 13.3. The quantitative estimate of drug-likeness (QED) is 0.225. The van der Waals surface area contributed by atoms with Gasteiger partial charge in [-0.1, -0.05) is 72.8 Å². The molecule has 8 nitrogen and oxygen atoms in total. The van der Waals surface area contributed by atoms with Gasteiger partial charge >= 0.3 is 0 Å². The largest absolute Gasteiger partial charge is 0.496 e. The van der Waals surface area contributed by atoms with E-state index in [-0.39, 0.29) is 36.7 Å². The van der Waals surface area contributed by atoms with Gasteiger partial charge in [-0.15, -0.1) is 0 Å². The van der Waals surface area contributed by atoms with E-state index in [1.807, 2.05) is 54.6 Å². The summed E-state index contributed by atoms with van der Waals surface area (Å²) in [6, 6.07) is 25.1. The van der Waals surface area contributed by atoms with E-state index in [0.717, 1.165) is 22.3 Å². The Hall–Kier alpha value is -5.76. The van der Waals surface area contributed by atoms with Crippen LogP contribution in [0.15, 0.2) is 97.1 Å². The van der Waals surface area contributed by atoms with E-state index in [1.54, 1.807) is 68.8 Å². The molecule has 0 saturated carbocycles. The van der Waals surface area contributed by atoms with Crippen LogP contribution >= 0.6 is 0 Å². The zero-order valence-corrected chi connectivity index (χ0v) is 24.2. The SMILES string of the molecule is COc1ccccc1C=CCN1C(=O)c2ccc(-c3ccc(C=CCN4C(=O)c5ccccc5C4=O)cc3OC)cc2C1=O. The van der Waals surface area contributed by atoms with Gasteiger partial charge in [-0.3, -0.25) is 29.0 Å². The molecule has 218 valence electrons. The van der Waals surface area contributed by atoms with Crippen LogP contribution in [0.5, 0.6) is 11.5 Å². The zero-order chi connectivity index (χ0) is 30.8. The van der Waals surface area contributed by atoms with Crippen molar-refractivity contribution in [2.45, 2.75) is 0 Å². The summed E-state index contributed by atoms with van der Waals surface area (Å²) in [5, 5.41) is 0. The summed E-state index contributed by atoms with van der Waals surface area (Å²) in [4.78, 5) is 54.0. The average Bonchev–Trinajstić information content (AvgIpc) is 3.44. The van der Waals surface area contributed by atoms with Crippen molar-refractivity contribution < 1.29 is 28.7 Å². The summed E-state index contributed by atoms with van der Waals surface area (Å²) >= 11 is 0. The predicted octanol–water partition coefficient (Wildman–Crippen LogP) is 5.99. The van der Waals surface area contributed by atoms with Crippen molar-refractivity contribution in [3.8, 4) is 22.6 Å². The molecule has 44 heavy (non-hydrogen) atoms. The highest BCUT2D eigenvalue weighted by molar-refractivity contribution is 6.22. The molecule has 0 spiro atoms. The lowest BCUT2D eigenvalue weighted by molar-refractivity contribution is 0.0656. The number of carbonyl (C=O) groups is 4. The number of methoxy groups -OCH3 is 2. The first-order chi connectivity index (χ1) is 21.4. The van der Waals surface area contributed by atoms with Crippen molar-refractivity contribution in [3.05, 3.63) is 130 Å². The number of amides is 4. The molecule has 2 heterocycles. The highest BCUT2D eigenvalue weighted by atomic mass is 16.5. The summed E-state index contributed by atoms with van der Waals surface area (Å²) in [6.45, 7) is 0.271. The van der Waals surface area contributed by atoms with Crippen molar-refractivity contribution in [3.63, 3.8) is 0 Å². The molecule has 0 saturated heterocycles. The van der Waals surface area contributed by atoms with Gasteiger partial charge < -0.3 is 9.47 Å². The van der Waals surface area contributed by atoms with Gasteiger partial charge in [0.1, 0.15) is 11.5 Å². The van der Waals surface area contributed by atoms with Crippen molar-refractivity contribution in [1.29, 1.82) is 0 Å². The second kappa shape index (κ2) is 11.9. The minimum Gasteiger partial charge on any atom is -0.496 e. The number of imide groups is 2. The molecule has 2 aliphatic rings. The molecule has 0 radical (unpaired) electrons. The lowest BCUT2D eigenvalue weighted by atomic mass is 9.98. The second-order valence-corrected chi connectivity index (χ2v) is 10.3. The number of nitrogens with zero attached hydrogens (tertiary/aromatic N) is 2. The zero-order valence-electron chi connectivity index (χ0n) is 24.2. The van der Waals surface area contributed by atoms with Gasteiger partial charge in [0.05, 0.1) is 36.5 Å². The monoisotopic (exact) mass is 584 g/mol. The normalized spacial score (nSPS) is 14.2. The Morgan fingerprint density at radius 3 is 1.75 bits per heavy atom. The lowest BCUT2D eigenvalue weighted by Crippen LogP contribution is -2.29. The maximum atomic E-state index is 13.3. The topological polar surface area (TPSA) is 93.2 Å². The Kier molecular flexibility index (Phi) is 7.64. The fourth-order valence-electron chi connectivity index (χ4n) is 5.46. The summed E-state index contributed by atoms with van der Waals surface area (Å²) in [5.41, 5.74) is 4.67. The number of hydrogen-bond acceptors (Lipinski definition) is 6. The van der Waals surface area contributed by atoms with Gasteiger partial charge in [-0.05, 0) is 47.5 Å². The first kappa shape index (κ1) is 28.4. The fraction of sp³-hybridized carbons (Fsp3) is 0.111. The molecule has 4 aromatic carbocycles. The molecule has 6 rings (SSSR count). The van der Waals surface area contributed by atoms with E-state index in [4.69, 9.17) is 9.47 Å². The van der Waals surface area contributed by atoms with E-state index in [9.17, 15) is 19.2 Å². The molecule has 4 aromatic rings. The van der Waals surface area contributed by atoms with E-state index in [1.165, 1.54) is 9.80 Å². The molecular formula is C36H28N2O6. The molecule has 4 amide bonds. The van der Waals surface area contributed by atoms with Crippen molar-refractivity contribution in [2.75, 3.05) is 27.3 Å². The van der Waals surface area contributed by atoms with Gasteiger partial charge in [0, 0.05) is 24.2 Å². The van der Waals surface area contributed by atoms with Crippen LogP contribution in [0.2, 0.25) is 0 Å². The van der Waals surface area contributed by atoms with Gasteiger partial charge in [-0.2, -0.15) is 0 Å². The average molecular weight is 585 g/mol. The van der Waals surface area contributed by atoms with E-state index >= 15 is 0 Å².